The number of hydrogen-bond acceptors (Lipinski definition) is 21. The zero-order valence-electron chi connectivity index (χ0n) is 44.2. The number of fused-ring (bicyclic) bond motifs is 5. The maximum Gasteiger partial charge on any atom is 0.509 e. The third kappa shape index (κ3) is 12.6. The predicted molar refractivity (Wildman–Crippen MR) is 281 cm³/mol. The Morgan fingerprint density at radius 3 is 1.95 bits per heavy atom. The zero-order chi connectivity index (χ0) is 57.5. The summed E-state index contributed by atoms with van der Waals surface area (Å²) >= 11 is 0. The summed E-state index contributed by atoms with van der Waals surface area (Å²) in [6.45, 7) is 7.44. The Morgan fingerprint density at radius 1 is 0.785 bits per heavy atom. The van der Waals surface area contributed by atoms with Crippen molar-refractivity contribution in [2.45, 2.75) is 121 Å². The van der Waals surface area contributed by atoms with Crippen molar-refractivity contribution in [1.82, 2.24) is 5.32 Å². The Morgan fingerprint density at radius 2 is 1.38 bits per heavy atom. The monoisotopic (exact) mass is 1130 g/mol. The van der Waals surface area contributed by atoms with Crippen molar-refractivity contribution in [1.29, 1.82) is 0 Å². The van der Waals surface area contributed by atoms with Gasteiger partial charge >= 0.3 is 42.0 Å². The minimum absolute atomic E-state index is 0.00177. The SMILES string of the molecule is CC(=O)O[C@H]1C(=O)[C@@]2(C)C(C(OC(=O)c3ccccc3)[C@]3(O)CC(OC(=O)C(OC(=O)OCCSSCCOC(=O)CCC(=O)O)C(NC(=O)c4ccccc4)c4ccccc4)C(C)=C1C3(C)C)[C@@]1(OC(C)=O)CO[C@@H]1C[C@@H]2O. The number of Topliss-reactive ketones (excluding diaryl/α,β-unsaturated/α-hetero) is 1. The van der Waals surface area contributed by atoms with Gasteiger partial charge < -0.3 is 58.5 Å². The quantitative estimate of drug-likeness (QED) is 0.0327. The molecule has 4 N–H and O–H groups in total. The Kier molecular flexibility index (Phi) is 19.0. The van der Waals surface area contributed by atoms with E-state index in [0.29, 0.717) is 5.75 Å². The number of ether oxygens (including phenoxy) is 8. The molecule has 0 aromatic heterocycles. The van der Waals surface area contributed by atoms with Gasteiger partial charge in [0.05, 0.1) is 42.4 Å². The number of esters is 5. The number of carbonyl (C=O) groups excluding carboxylic acids is 8. The molecule has 2 bridgehead atoms. The smallest absolute Gasteiger partial charge is 0.481 e. The van der Waals surface area contributed by atoms with Crippen LogP contribution < -0.4 is 5.32 Å². The highest BCUT2D eigenvalue weighted by atomic mass is 33.1. The van der Waals surface area contributed by atoms with E-state index in [0.717, 1.165) is 13.8 Å². The second-order valence-corrected chi connectivity index (χ2v) is 23.0. The molecule has 4 aliphatic rings. The first kappa shape index (κ1) is 59.9. The molecular formula is C56H63NO20S2. The highest BCUT2D eigenvalue weighted by Gasteiger charge is 2.78. The first-order valence-corrected chi connectivity index (χ1v) is 27.9. The predicted octanol–water partition coefficient (Wildman–Crippen LogP) is 5.69. The van der Waals surface area contributed by atoms with Gasteiger partial charge in [-0.1, -0.05) is 102 Å². The van der Waals surface area contributed by atoms with Gasteiger partial charge in [0.2, 0.25) is 6.10 Å². The summed E-state index contributed by atoms with van der Waals surface area (Å²) in [4.78, 5) is 122. The molecule has 1 aliphatic heterocycles. The molecule has 1 amide bonds. The van der Waals surface area contributed by atoms with Crippen molar-refractivity contribution in [3.05, 3.63) is 119 Å². The molecular weight excluding hydrogens is 1070 g/mol. The molecule has 11 atom stereocenters. The number of carboxylic acid groups (broad SMARTS) is 1. The van der Waals surface area contributed by atoms with Crippen LogP contribution in [0.15, 0.2) is 102 Å². The van der Waals surface area contributed by atoms with E-state index in [2.05, 4.69) is 5.32 Å². The number of nitrogens with one attached hydrogen (secondary N) is 1. The Labute approximate surface area is 463 Å². The Balaban J connectivity index is 1.29. The molecule has 79 heavy (non-hydrogen) atoms. The molecule has 23 heteroatoms. The second kappa shape index (κ2) is 25.1. The van der Waals surface area contributed by atoms with E-state index in [9.17, 15) is 43.8 Å². The fraction of sp³-hybridized carbons (Fsp3) is 0.482. The number of carbonyl (C=O) groups is 9. The molecule has 3 fully saturated rings. The van der Waals surface area contributed by atoms with Crippen molar-refractivity contribution in [3.63, 3.8) is 0 Å². The molecule has 424 valence electrons. The number of carboxylic acids is 1. The number of benzene rings is 3. The summed E-state index contributed by atoms with van der Waals surface area (Å²) in [5.41, 5.74) is -7.83. The minimum atomic E-state index is -2.51. The van der Waals surface area contributed by atoms with E-state index in [1.807, 2.05) is 0 Å². The number of aliphatic carboxylic acids is 1. The number of aliphatic hydroxyl groups is 2. The van der Waals surface area contributed by atoms with Crippen molar-refractivity contribution in [3.8, 4) is 0 Å². The lowest BCUT2D eigenvalue weighted by Gasteiger charge is -2.67. The van der Waals surface area contributed by atoms with Crippen molar-refractivity contribution >= 4 is 75.2 Å². The molecule has 3 aliphatic carbocycles. The van der Waals surface area contributed by atoms with Crippen LogP contribution in [0.25, 0.3) is 0 Å². The molecule has 21 nitrogen and oxygen atoms in total. The van der Waals surface area contributed by atoms with Gasteiger partial charge in [-0.3, -0.25) is 28.8 Å². The average molecular weight is 1130 g/mol. The molecule has 5 unspecified atom stereocenters. The Hall–Kier alpha value is -6.79. The molecule has 3 aromatic carbocycles. The summed E-state index contributed by atoms with van der Waals surface area (Å²) in [6, 6.07) is 22.2. The van der Waals surface area contributed by atoms with Crippen LogP contribution in [-0.2, 0) is 66.7 Å². The van der Waals surface area contributed by atoms with E-state index in [1.54, 1.807) is 66.7 Å². The van der Waals surface area contributed by atoms with Gasteiger partial charge in [-0.05, 0) is 54.8 Å². The van der Waals surface area contributed by atoms with Crippen LogP contribution in [0.4, 0.5) is 4.79 Å². The Bertz CT molecular complexity index is 2810. The summed E-state index contributed by atoms with van der Waals surface area (Å²) in [6.07, 6.45) is -13.2. The molecule has 3 aromatic rings. The largest absolute Gasteiger partial charge is 0.509 e. The van der Waals surface area contributed by atoms with Crippen LogP contribution in [0.1, 0.15) is 99.5 Å². The molecule has 1 saturated heterocycles. The zero-order valence-corrected chi connectivity index (χ0v) is 45.9. The van der Waals surface area contributed by atoms with Gasteiger partial charge in [0, 0.05) is 49.2 Å². The summed E-state index contributed by atoms with van der Waals surface area (Å²) in [7, 11) is 2.51. The van der Waals surface area contributed by atoms with Gasteiger partial charge in [0.1, 0.15) is 43.2 Å². The fourth-order valence-corrected chi connectivity index (χ4v) is 12.8. The van der Waals surface area contributed by atoms with Gasteiger partial charge in [-0.25, -0.2) is 14.4 Å². The van der Waals surface area contributed by atoms with Crippen LogP contribution in [0.5, 0.6) is 0 Å². The minimum Gasteiger partial charge on any atom is -0.481 e. The fourth-order valence-electron chi connectivity index (χ4n) is 11.2. The van der Waals surface area contributed by atoms with Gasteiger partial charge in [0.25, 0.3) is 5.91 Å². The summed E-state index contributed by atoms with van der Waals surface area (Å²) < 4.78 is 47.1. The normalized spacial score (nSPS) is 27.3. The lowest BCUT2D eigenvalue weighted by Crippen LogP contribution is -2.82. The van der Waals surface area contributed by atoms with E-state index >= 15 is 9.59 Å². The number of aliphatic hydroxyl groups excluding tert-OH is 1. The van der Waals surface area contributed by atoms with Crippen molar-refractivity contribution in [2.24, 2.45) is 16.7 Å². The lowest BCUT2D eigenvalue weighted by atomic mass is 9.44. The van der Waals surface area contributed by atoms with E-state index in [1.165, 1.54) is 73.5 Å². The van der Waals surface area contributed by atoms with Crippen molar-refractivity contribution in [2.75, 3.05) is 31.3 Å². The summed E-state index contributed by atoms with van der Waals surface area (Å²) in [5.74, 6) is -8.62. The van der Waals surface area contributed by atoms with Crippen LogP contribution >= 0.6 is 21.6 Å². The maximum absolute atomic E-state index is 15.8. The van der Waals surface area contributed by atoms with Crippen LogP contribution in [-0.4, -0.2) is 148 Å². The van der Waals surface area contributed by atoms with E-state index < -0.39 is 131 Å². The molecule has 0 spiro atoms. The van der Waals surface area contributed by atoms with E-state index in [-0.39, 0.29) is 72.7 Å². The lowest BCUT2D eigenvalue weighted by molar-refractivity contribution is -0.346. The first-order chi connectivity index (χ1) is 37.5. The van der Waals surface area contributed by atoms with E-state index in [4.69, 9.17) is 43.0 Å². The summed E-state index contributed by atoms with van der Waals surface area (Å²) in [5, 5.41) is 37.8. The van der Waals surface area contributed by atoms with Crippen LogP contribution in [0.3, 0.4) is 0 Å². The highest BCUT2D eigenvalue weighted by molar-refractivity contribution is 8.76. The highest BCUT2D eigenvalue weighted by Crippen LogP contribution is 2.64. The number of rotatable bonds is 21. The molecule has 2 saturated carbocycles. The number of amides is 1. The first-order valence-electron chi connectivity index (χ1n) is 25.4. The molecule has 0 radical (unpaired) electrons. The molecule has 1 heterocycles. The third-order valence-corrected chi connectivity index (χ3v) is 17.5. The number of ketones is 1. The van der Waals surface area contributed by atoms with Crippen LogP contribution in [0.2, 0.25) is 0 Å². The topological polar surface area (TPSA) is 300 Å². The third-order valence-electron chi connectivity index (χ3n) is 15.1. The molecule has 7 rings (SSSR count). The number of hydrogen-bond donors (Lipinski definition) is 4. The maximum atomic E-state index is 15.8. The van der Waals surface area contributed by atoms with Gasteiger partial charge in [0.15, 0.2) is 17.5 Å². The van der Waals surface area contributed by atoms with Gasteiger partial charge in [-0.2, -0.15) is 0 Å². The van der Waals surface area contributed by atoms with Crippen LogP contribution in [0, 0.1) is 16.7 Å². The average Bonchev–Trinajstić information content (AvgIpc) is 3.29. The van der Waals surface area contributed by atoms with Gasteiger partial charge in [-0.15, -0.1) is 0 Å². The standard InChI is InChI=1S/C56H63NO20S2/c1-31-37(74-51(67)45(43(34-16-10-7-11-17-34)57-49(65)35-18-12-8-13-19-35)75-52(68)71-25-27-79-78-26-24-70-41(63)23-22-40(61)62)29-56(69)48(76-50(66)36-20-14-9-15-21-36)46-54(6,38(60)28-39-55(46,30-72-39)77-33(3)59)47(64)44(73-32(2)58)42(31)53(56,4)5/h7-21,37-39,43-46,48,60,69H,22-30H2,1-6H3,(H,57,65)(H,61,62)/t37?,38-,39+,43?,44+,45?,46?,48?,54+,55+,56+/m0/s1. The second-order valence-electron chi connectivity index (χ2n) is 20.3. The van der Waals surface area contributed by atoms with Crippen molar-refractivity contribution < 1.29 is 96.4 Å².